The van der Waals surface area contributed by atoms with Gasteiger partial charge in [-0.2, -0.15) is 0 Å². The summed E-state index contributed by atoms with van der Waals surface area (Å²) in [7, 11) is 1.55. The predicted molar refractivity (Wildman–Crippen MR) is 137 cm³/mol. The van der Waals surface area contributed by atoms with Crippen LogP contribution in [0.2, 0.25) is 5.02 Å². The van der Waals surface area contributed by atoms with Crippen LogP contribution in [-0.4, -0.2) is 25.5 Å². The van der Waals surface area contributed by atoms with Crippen molar-refractivity contribution in [3.05, 3.63) is 82.4 Å². The van der Waals surface area contributed by atoms with E-state index < -0.39 is 5.92 Å². The monoisotopic (exact) mass is 493 g/mol. The lowest BCUT2D eigenvalue weighted by Gasteiger charge is -2.19. The predicted octanol–water partition coefficient (Wildman–Crippen LogP) is 5.04. The summed E-state index contributed by atoms with van der Waals surface area (Å²) in [6.07, 6.45) is 0.147. The Morgan fingerprint density at radius 1 is 1.09 bits per heavy atom. The summed E-state index contributed by atoms with van der Waals surface area (Å²) in [5.74, 6) is 0.126. The van der Waals surface area contributed by atoms with Gasteiger partial charge in [-0.1, -0.05) is 41.9 Å². The Morgan fingerprint density at radius 3 is 2.63 bits per heavy atom. The molecule has 0 aliphatic carbocycles. The second-order valence-electron chi connectivity index (χ2n) is 8.51. The maximum absolute atomic E-state index is 12.9. The number of hydrazine groups is 1. The van der Waals surface area contributed by atoms with E-state index in [2.05, 4.69) is 10.9 Å². The standard InChI is InChI=1S/C27H28ClN3O4/c1-17-11-12-21(13-18(17)2)31-15-20(14-25(31)32)27(33)30-29-23-9-6-10-24(34-3)26(23)35-16-19-7-4-5-8-22(19)28/h4-13,20,29H,14-16H2,1-3H3,(H,30,33)/t20-/m0/s1. The molecular weight excluding hydrogens is 466 g/mol. The number of para-hydroxylation sites is 1. The number of amides is 2. The molecule has 2 amide bonds. The van der Waals surface area contributed by atoms with Crippen LogP contribution in [0.5, 0.6) is 11.5 Å². The summed E-state index contributed by atoms with van der Waals surface area (Å²) >= 11 is 6.25. The average Bonchev–Trinajstić information content (AvgIpc) is 3.25. The number of nitrogens with one attached hydrogen (secondary N) is 2. The quantitative estimate of drug-likeness (QED) is 0.430. The zero-order valence-corrected chi connectivity index (χ0v) is 20.7. The van der Waals surface area contributed by atoms with Gasteiger partial charge in [0.05, 0.1) is 18.7 Å². The number of methoxy groups -OCH3 is 1. The molecule has 1 saturated heterocycles. The Balaban J connectivity index is 1.42. The molecule has 0 spiro atoms. The molecule has 7 nitrogen and oxygen atoms in total. The number of carbonyl (C=O) groups is 2. The number of anilines is 2. The molecule has 0 radical (unpaired) electrons. The van der Waals surface area contributed by atoms with Crippen molar-refractivity contribution in [3.8, 4) is 11.5 Å². The summed E-state index contributed by atoms with van der Waals surface area (Å²) in [5.41, 5.74) is 10.1. The first kappa shape index (κ1) is 24.4. The molecule has 35 heavy (non-hydrogen) atoms. The van der Waals surface area contributed by atoms with Crippen LogP contribution < -0.4 is 25.2 Å². The first-order valence-electron chi connectivity index (χ1n) is 11.3. The lowest BCUT2D eigenvalue weighted by molar-refractivity contribution is -0.125. The molecule has 0 bridgehead atoms. The van der Waals surface area contributed by atoms with Crippen LogP contribution in [0, 0.1) is 19.8 Å². The minimum absolute atomic E-state index is 0.0708. The molecule has 2 N–H and O–H groups in total. The number of aryl methyl sites for hydroxylation is 2. The molecule has 1 aliphatic heterocycles. The summed E-state index contributed by atoms with van der Waals surface area (Å²) in [5, 5.41) is 0.601. The lowest BCUT2D eigenvalue weighted by atomic mass is 10.1. The maximum Gasteiger partial charge on any atom is 0.243 e. The molecule has 1 aliphatic rings. The van der Waals surface area contributed by atoms with Crippen LogP contribution in [0.4, 0.5) is 11.4 Å². The van der Waals surface area contributed by atoms with Crippen LogP contribution in [-0.2, 0) is 16.2 Å². The Kier molecular flexibility index (Phi) is 7.46. The van der Waals surface area contributed by atoms with Crippen molar-refractivity contribution in [2.45, 2.75) is 26.9 Å². The highest BCUT2D eigenvalue weighted by atomic mass is 35.5. The lowest BCUT2D eigenvalue weighted by Crippen LogP contribution is -2.36. The van der Waals surface area contributed by atoms with E-state index in [1.807, 2.05) is 50.2 Å². The topological polar surface area (TPSA) is 79.9 Å². The fourth-order valence-corrected chi connectivity index (χ4v) is 4.14. The minimum Gasteiger partial charge on any atom is -0.493 e. The van der Waals surface area contributed by atoms with Crippen molar-refractivity contribution in [2.24, 2.45) is 5.92 Å². The normalized spacial score (nSPS) is 15.1. The summed E-state index contributed by atoms with van der Waals surface area (Å²) < 4.78 is 11.5. The van der Waals surface area contributed by atoms with Gasteiger partial charge in [-0.25, -0.2) is 0 Å². The molecule has 4 rings (SSSR count). The van der Waals surface area contributed by atoms with E-state index in [1.54, 1.807) is 36.3 Å². The van der Waals surface area contributed by atoms with E-state index in [0.29, 0.717) is 28.8 Å². The highest BCUT2D eigenvalue weighted by Crippen LogP contribution is 2.36. The van der Waals surface area contributed by atoms with Crippen LogP contribution in [0.3, 0.4) is 0 Å². The van der Waals surface area contributed by atoms with Crippen molar-refractivity contribution in [1.82, 2.24) is 5.43 Å². The number of rotatable bonds is 8. The molecule has 1 atom stereocenters. The van der Waals surface area contributed by atoms with E-state index in [-0.39, 0.29) is 24.8 Å². The molecule has 182 valence electrons. The van der Waals surface area contributed by atoms with E-state index in [0.717, 1.165) is 22.4 Å². The fraction of sp³-hybridized carbons (Fsp3) is 0.259. The number of halogens is 1. The van der Waals surface area contributed by atoms with Crippen molar-refractivity contribution >= 4 is 34.8 Å². The van der Waals surface area contributed by atoms with E-state index in [1.165, 1.54) is 0 Å². The zero-order valence-electron chi connectivity index (χ0n) is 19.9. The Bertz CT molecular complexity index is 1250. The van der Waals surface area contributed by atoms with Gasteiger partial charge in [0.25, 0.3) is 0 Å². The van der Waals surface area contributed by atoms with E-state index in [9.17, 15) is 9.59 Å². The Morgan fingerprint density at radius 2 is 1.89 bits per heavy atom. The molecule has 8 heteroatoms. The zero-order chi connectivity index (χ0) is 24.9. The van der Waals surface area contributed by atoms with Crippen molar-refractivity contribution in [2.75, 3.05) is 24.0 Å². The van der Waals surface area contributed by atoms with Gasteiger partial charge in [0.15, 0.2) is 11.5 Å². The third-order valence-electron chi connectivity index (χ3n) is 6.15. The summed E-state index contributed by atoms with van der Waals surface area (Å²) in [6, 6.07) is 18.6. The number of carbonyl (C=O) groups excluding carboxylic acids is 2. The van der Waals surface area contributed by atoms with Crippen LogP contribution in [0.15, 0.2) is 60.7 Å². The van der Waals surface area contributed by atoms with E-state index >= 15 is 0 Å². The molecule has 1 fully saturated rings. The number of hydrogen-bond donors (Lipinski definition) is 2. The summed E-state index contributed by atoms with van der Waals surface area (Å²) in [6.45, 7) is 4.58. The second kappa shape index (κ2) is 10.7. The van der Waals surface area contributed by atoms with Crippen molar-refractivity contribution in [3.63, 3.8) is 0 Å². The molecule has 1 heterocycles. The SMILES string of the molecule is COc1cccc(NNC(=O)[C@H]2CC(=O)N(c3ccc(C)c(C)c3)C2)c1OCc1ccccc1Cl. The third-order valence-corrected chi connectivity index (χ3v) is 6.52. The minimum atomic E-state index is -0.477. The first-order valence-corrected chi connectivity index (χ1v) is 11.7. The van der Waals surface area contributed by atoms with Gasteiger partial charge in [-0.05, 0) is 55.3 Å². The van der Waals surface area contributed by atoms with E-state index in [4.69, 9.17) is 21.1 Å². The van der Waals surface area contributed by atoms with Crippen LogP contribution in [0.1, 0.15) is 23.1 Å². The molecule has 0 unspecified atom stereocenters. The van der Waals surface area contributed by atoms with Crippen molar-refractivity contribution in [1.29, 1.82) is 0 Å². The van der Waals surface area contributed by atoms with Gasteiger partial charge >= 0.3 is 0 Å². The van der Waals surface area contributed by atoms with Crippen molar-refractivity contribution < 1.29 is 19.1 Å². The largest absolute Gasteiger partial charge is 0.493 e. The number of nitrogens with zero attached hydrogens (tertiary/aromatic N) is 1. The highest BCUT2D eigenvalue weighted by molar-refractivity contribution is 6.31. The third kappa shape index (κ3) is 5.52. The van der Waals surface area contributed by atoms with Gasteiger partial charge in [-0.3, -0.25) is 20.4 Å². The smallest absolute Gasteiger partial charge is 0.243 e. The van der Waals surface area contributed by atoms with Crippen LogP contribution >= 0.6 is 11.6 Å². The van der Waals surface area contributed by atoms with Gasteiger partial charge in [-0.15, -0.1) is 0 Å². The Labute approximate surface area is 210 Å². The molecule has 3 aromatic carbocycles. The molecule has 0 aromatic heterocycles. The number of ether oxygens (including phenoxy) is 2. The van der Waals surface area contributed by atoms with Crippen LogP contribution in [0.25, 0.3) is 0 Å². The van der Waals surface area contributed by atoms with Gasteiger partial charge < -0.3 is 14.4 Å². The number of benzene rings is 3. The highest BCUT2D eigenvalue weighted by Gasteiger charge is 2.35. The maximum atomic E-state index is 12.9. The van der Waals surface area contributed by atoms with Gasteiger partial charge in [0.2, 0.25) is 11.8 Å². The first-order chi connectivity index (χ1) is 16.9. The number of hydrogen-bond acceptors (Lipinski definition) is 5. The molecular formula is C27H28ClN3O4. The second-order valence-corrected chi connectivity index (χ2v) is 8.91. The van der Waals surface area contributed by atoms with Gasteiger partial charge in [0, 0.05) is 29.2 Å². The average molecular weight is 494 g/mol. The Hall–Kier alpha value is -3.71. The molecule has 0 saturated carbocycles. The van der Waals surface area contributed by atoms with Gasteiger partial charge in [0.1, 0.15) is 6.61 Å². The fourth-order valence-electron chi connectivity index (χ4n) is 3.95. The molecule has 3 aromatic rings. The summed E-state index contributed by atoms with van der Waals surface area (Å²) in [4.78, 5) is 27.2.